The van der Waals surface area contributed by atoms with E-state index in [2.05, 4.69) is 45.0 Å². The van der Waals surface area contributed by atoms with E-state index >= 15 is 0 Å². The first-order valence-corrected chi connectivity index (χ1v) is 15.3. The van der Waals surface area contributed by atoms with Crippen LogP contribution >= 0.6 is 0 Å². The molecular weight excluding hydrogens is 564 g/mol. The molecule has 3 amide bonds. The molecule has 4 aromatic rings. The van der Waals surface area contributed by atoms with Gasteiger partial charge in [-0.25, -0.2) is 0 Å². The molecule has 0 saturated carbocycles. The lowest BCUT2D eigenvalue weighted by atomic mass is 10.0. The maximum absolute atomic E-state index is 13.3. The molecular formula is C36H40N6O3. The number of aryl methyl sites for hydroxylation is 2. The number of H-pyrrole nitrogens is 1. The van der Waals surface area contributed by atoms with E-state index in [1.807, 2.05) is 81.4 Å². The Morgan fingerprint density at radius 3 is 2.38 bits per heavy atom. The van der Waals surface area contributed by atoms with E-state index in [0.29, 0.717) is 34.6 Å². The second kappa shape index (κ2) is 13.7. The van der Waals surface area contributed by atoms with E-state index in [4.69, 9.17) is 0 Å². The molecule has 0 radical (unpaired) electrons. The molecule has 0 aliphatic carbocycles. The third kappa shape index (κ3) is 6.84. The molecule has 0 bridgehead atoms. The highest BCUT2D eigenvalue weighted by atomic mass is 16.2. The summed E-state index contributed by atoms with van der Waals surface area (Å²) < 4.78 is 0. The smallest absolute Gasteiger partial charge is 0.256 e. The van der Waals surface area contributed by atoms with Crippen molar-refractivity contribution < 1.29 is 14.4 Å². The fourth-order valence-electron chi connectivity index (χ4n) is 5.59. The second-order valence-corrected chi connectivity index (χ2v) is 11.2. The molecule has 1 aromatic heterocycles. The van der Waals surface area contributed by atoms with Gasteiger partial charge in [0.1, 0.15) is 0 Å². The number of nitrogens with one attached hydrogen (secondary N) is 5. The van der Waals surface area contributed by atoms with Crippen molar-refractivity contribution in [1.82, 2.24) is 15.2 Å². The first-order chi connectivity index (χ1) is 21.7. The number of likely N-dealkylation sites (N-methyl/N-ethyl adjacent to an activating group) is 1. The Hall–Kier alpha value is -5.15. The van der Waals surface area contributed by atoms with E-state index in [1.54, 1.807) is 12.1 Å². The highest BCUT2D eigenvalue weighted by Crippen LogP contribution is 2.40. The SMILES string of the molecule is CCN(CC)CCNC(=O)c1c(C)[nH]c(C=C2C(=O)Nc3c(Nc4cc(NC(=O)c5ccccc5)ccc4C)cccc32)c1C. The maximum atomic E-state index is 13.3. The van der Waals surface area contributed by atoms with Crippen molar-refractivity contribution in [3.63, 3.8) is 0 Å². The molecule has 0 unspecified atom stereocenters. The van der Waals surface area contributed by atoms with Crippen LogP contribution in [0.3, 0.4) is 0 Å². The van der Waals surface area contributed by atoms with Gasteiger partial charge in [-0.3, -0.25) is 14.4 Å². The molecule has 45 heavy (non-hydrogen) atoms. The minimum absolute atomic E-state index is 0.127. The Kier molecular flexibility index (Phi) is 9.49. The van der Waals surface area contributed by atoms with Crippen LogP contribution in [-0.2, 0) is 4.79 Å². The molecule has 9 heteroatoms. The summed E-state index contributed by atoms with van der Waals surface area (Å²) in [6.45, 7) is 13.2. The largest absolute Gasteiger partial charge is 0.358 e. The fraction of sp³-hybridized carbons (Fsp3) is 0.250. The van der Waals surface area contributed by atoms with E-state index in [9.17, 15) is 14.4 Å². The van der Waals surface area contributed by atoms with Crippen LogP contribution < -0.4 is 21.3 Å². The van der Waals surface area contributed by atoms with Gasteiger partial charge in [-0.1, -0.05) is 50.2 Å². The first-order valence-electron chi connectivity index (χ1n) is 15.3. The van der Waals surface area contributed by atoms with Gasteiger partial charge in [0.15, 0.2) is 0 Å². The number of benzene rings is 3. The van der Waals surface area contributed by atoms with Crippen molar-refractivity contribution in [3.05, 3.63) is 106 Å². The van der Waals surface area contributed by atoms with Gasteiger partial charge in [0.05, 0.1) is 22.5 Å². The molecule has 232 valence electrons. The van der Waals surface area contributed by atoms with Gasteiger partial charge in [0, 0.05) is 47.0 Å². The first kappa shape index (κ1) is 31.3. The Labute approximate surface area is 264 Å². The van der Waals surface area contributed by atoms with Crippen molar-refractivity contribution in [2.45, 2.75) is 34.6 Å². The van der Waals surface area contributed by atoms with Crippen LogP contribution in [0.5, 0.6) is 0 Å². The van der Waals surface area contributed by atoms with Gasteiger partial charge in [-0.2, -0.15) is 0 Å². The number of para-hydroxylation sites is 1. The minimum atomic E-state index is -0.225. The van der Waals surface area contributed by atoms with Gasteiger partial charge in [-0.15, -0.1) is 0 Å². The number of hydrogen-bond acceptors (Lipinski definition) is 5. The summed E-state index contributed by atoms with van der Waals surface area (Å²) in [5.41, 5.74) is 8.53. The summed E-state index contributed by atoms with van der Waals surface area (Å²) in [6.07, 6.45) is 1.81. The van der Waals surface area contributed by atoms with Crippen LogP contribution in [-0.4, -0.2) is 53.8 Å². The van der Waals surface area contributed by atoms with Crippen LogP contribution in [0.25, 0.3) is 11.6 Å². The standard InChI is InChI=1S/C36H40N6O3/c1-6-42(7-2)19-18-37-36(45)32-23(4)31(38-24(32)5)21-28-27-14-11-15-29(33(27)41-35(28)44)40-30-20-26(17-16-22(30)3)39-34(43)25-12-9-8-10-13-25/h8-17,20-21,38,40H,6-7,18-19H2,1-5H3,(H,37,45)(H,39,43)(H,41,44). The predicted molar refractivity (Wildman–Crippen MR) is 182 cm³/mol. The predicted octanol–water partition coefficient (Wildman–Crippen LogP) is 6.50. The molecule has 5 N–H and O–H groups in total. The number of aromatic nitrogens is 1. The van der Waals surface area contributed by atoms with Crippen LogP contribution in [0.15, 0.2) is 66.7 Å². The summed E-state index contributed by atoms with van der Waals surface area (Å²) in [7, 11) is 0. The number of rotatable bonds is 11. The molecule has 5 rings (SSSR count). The Bertz CT molecular complexity index is 1770. The summed E-state index contributed by atoms with van der Waals surface area (Å²) in [4.78, 5) is 44.6. The minimum Gasteiger partial charge on any atom is -0.358 e. The van der Waals surface area contributed by atoms with E-state index in [1.165, 1.54) is 0 Å². The normalized spacial score (nSPS) is 13.1. The monoisotopic (exact) mass is 604 g/mol. The number of amides is 3. The quantitative estimate of drug-likeness (QED) is 0.125. The number of carbonyl (C=O) groups excluding carboxylic acids is 3. The van der Waals surface area contributed by atoms with Gasteiger partial charge in [0.2, 0.25) is 0 Å². The molecule has 0 fully saturated rings. The zero-order valence-corrected chi connectivity index (χ0v) is 26.4. The van der Waals surface area contributed by atoms with Crippen LogP contribution in [0, 0.1) is 20.8 Å². The summed E-state index contributed by atoms with van der Waals surface area (Å²) >= 11 is 0. The molecule has 3 aromatic carbocycles. The zero-order valence-electron chi connectivity index (χ0n) is 26.4. The van der Waals surface area contributed by atoms with Crippen molar-refractivity contribution in [2.24, 2.45) is 0 Å². The number of aromatic amines is 1. The Morgan fingerprint density at radius 1 is 0.889 bits per heavy atom. The lowest BCUT2D eigenvalue weighted by Gasteiger charge is -2.18. The molecule has 1 aliphatic rings. The molecule has 2 heterocycles. The Morgan fingerprint density at radius 2 is 1.64 bits per heavy atom. The van der Waals surface area contributed by atoms with E-state index in [0.717, 1.165) is 59.1 Å². The second-order valence-electron chi connectivity index (χ2n) is 11.2. The van der Waals surface area contributed by atoms with Gasteiger partial charge < -0.3 is 31.2 Å². The third-order valence-corrected chi connectivity index (χ3v) is 8.24. The summed E-state index contributed by atoms with van der Waals surface area (Å²) in [5.74, 6) is -0.543. The van der Waals surface area contributed by atoms with Gasteiger partial charge in [0.25, 0.3) is 17.7 Å². The van der Waals surface area contributed by atoms with Crippen molar-refractivity contribution in [3.8, 4) is 0 Å². The van der Waals surface area contributed by atoms with Crippen molar-refractivity contribution >= 4 is 52.1 Å². The van der Waals surface area contributed by atoms with Crippen LogP contribution in [0.4, 0.5) is 22.7 Å². The van der Waals surface area contributed by atoms with Crippen LogP contribution in [0.2, 0.25) is 0 Å². The number of fused-ring (bicyclic) bond motifs is 1. The Balaban J connectivity index is 1.37. The van der Waals surface area contributed by atoms with Crippen molar-refractivity contribution in [2.75, 3.05) is 42.1 Å². The number of carbonyl (C=O) groups is 3. The number of anilines is 4. The zero-order chi connectivity index (χ0) is 32.1. The number of nitrogens with zero attached hydrogens (tertiary/aromatic N) is 1. The maximum Gasteiger partial charge on any atom is 0.256 e. The fourth-order valence-corrected chi connectivity index (χ4v) is 5.59. The summed E-state index contributed by atoms with van der Waals surface area (Å²) in [5, 5.41) is 12.5. The molecule has 1 aliphatic heterocycles. The lowest BCUT2D eigenvalue weighted by molar-refractivity contribution is -0.110. The van der Waals surface area contributed by atoms with Gasteiger partial charge >= 0.3 is 0 Å². The topological polar surface area (TPSA) is 118 Å². The average molecular weight is 605 g/mol. The summed E-state index contributed by atoms with van der Waals surface area (Å²) in [6, 6.07) is 20.4. The number of hydrogen-bond donors (Lipinski definition) is 5. The van der Waals surface area contributed by atoms with Crippen molar-refractivity contribution in [1.29, 1.82) is 0 Å². The molecule has 0 spiro atoms. The molecule has 9 nitrogen and oxygen atoms in total. The third-order valence-electron chi connectivity index (χ3n) is 8.24. The van der Waals surface area contributed by atoms with E-state index < -0.39 is 0 Å². The molecule has 0 atom stereocenters. The van der Waals surface area contributed by atoms with Crippen LogP contribution in [0.1, 0.15) is 62.6 Å². The van der Waals surface area contributed by atoms with E-state index in [-0.39, 0.29) is 17.7 Å². The highest BCUT2D eigenvalue weighted by molar-refractivity contribution is 6.36. The molecule has 0 saturated heterocycles. The van der Waals surface area contributed by atoms with Gasteiger partial charge in [-0.05, 0) is 81.4 Å². The lowest BCUT2D eigenvalue weighted by Crippen LogP contribution is -2.35. The average Bonchev–Trinajstić information content (AvgIpc) is 3.51. The highest BCUT2D eigenvalue weighted by Gasteiger charge is 2.28.